The number of hydrogen-bond acceptors (Lipinski definition) is 6. The fourth-order valence-corrected chi connectivity index (χ4v) is 4.50. The average Bonchev–Trinajstić information content (AvgIpc) is 3.46. The van der Waals surface area contributed by atoms with Crippen molar-refractivity contribution in [1.82, 2.24) is 4.90 Å². The monoisotopic (exact) mass is 489 g/mol. The van der Waals surface area contributed by atoms with Gasteiger partial charge in [-0.05, 0) is 48.7 Å². The van der Waals surface area contributed by atoms with Crippen LogP contribution >= 0.6 is 0 Å². The molecule has 2 heterocycles. The number of methoxy groups -OCH3 is 1. The minimum Gasteiger partial charge on any atom is -0.507 e. The Kier molecular flexibility index (Phi) is 6.93. The van der Waals surface area contributed by atoms with Crippen LogP contribution in [0.5, 0.6) is 11.5 Å². The number of Topliss-reactive ketones (excluding diaryl/α,β-unsaturated/α-hetero) is 1. The van der Waals surface area contributed by atoms with E-state index in [9.17, 15) is 14.7 Å². The Morgan fingerprint density at radius 3 is 2.44 bits per heavy atom. The molecule has 36 heavy (non-hydrogen) atoms. The summed E-state index contributed by atoms with van der Waals surface area (Å²) < 4.78 is 16.9. The lowest BCUT2D eigenvalue weighted by Crippen LogP contribution is -2.29. The van der Waals surface area contributed by atoms with Gasteiger partial charge in [-0.25, -0.2) is 0 Å². The molecule has 7 heteroatoms. The van der Waals surface area contributed by atoms with Crippen molar-refractivity contribution in [1.29, 1.82) is 0 Å². The van der Waals surface area contributed by atoms with E-state index >= 15 is 0 Å². The summed E-state index contributed by atoms with van der Waals surface area (Å²) in [4.78, 5) is 28.0. The molecule has 1 atom stereocenters. The van der Waals surface area contributed by atoms with Crippen LogP contribution in [-0.4, -0.2) is 35.4 Å². The maximum absolute atomic E-state index is 13.3. The van der Waals surface area contributed by atoms with E-state index in [1.165, 1.54) is 11.2 Å². The van der Waals surface area contributed by atoms with Crippen LogP contribution in [0, 0.1) is 0 Å². The number of ether oxygens (including phenoxy) is 2. The van der Waals surface area contributed by atoms with E-state index in [1.807, 2.05) is 52.0 Å². The van der Waals surface area contributed by atoms with Gasteiger partial charge in [-0.3, -0.25) is 9.59 Å². The SMILES string of the molecule is CCOc1ccc(/C(O)=C2/C(=O)C(=O)N(Cc3ccccc3OC)C2c2ccco2)cc1C(C)(C)C. The maximum Gasteiger partial charge on any atom is 0.296 e. The van der Waals surface area contributed by atoms with Gasteiger partial charge in [0.15, 0.2) is 0 Å². The van der Waals surface area contributed by atoms with Gasteiger partial charge in [0.1, 0.15) is 29.1 Å². The predicted octanol–water partition coefficient (Wildman–Crippen LogP) is 5.61. The van der Waals surface area contributed by atoms with Gasteiger partial charge >= 0.3 is 0 Å². The Labute approximate surface area is 210 Å². The van der Waals surface area contributed by atoms with E-state index in [0.717, 1.165) is 11.1 Å². The number of furan rings is 1. The van der Waals surface area contributed by atoms with Gasteiger partial charge in [0.25, 0.3) is 11.7 Å². The Balaban J connectivity index is 1.85. The second kappa shape index (κ2) is 9.93. The van der Waals surface area contributed by atoms with Crippen LogP contribution in [-0.2, 0) is 21.5 Å². The first-order valence-corrected chi connectivity index (χ1v) is 11.9. The van der Waals surface area contributed by atoms with Crippen molar-refractivity contribution >= 4 is 17.4 Å². The molecule has 1 aromatic heterocycles. The van der Waals surface area contributed by atoms with E-state index in [1.54, 1.807) is 37.4 Å². The molecule has 3 aromatic rings. The highest BCUT2D eigenvalue weighted by molar-refractivity contribution is 6.46. The predicted molar refractivity (Wildman–Crippen MR) is 136 cm³/mol. The minimum absolute atomic E-state index is 0.0196. The quantitative estimate of drug-likeness (QED) is 0.264. The number of carbonyl (C=O) groups excluding carboxylic acids is 2. The number of rotatable bonds is 7. The minimum atomic E-state index is -0.894. The third-order valence-electron chi connectivity index (χ3n) is 6.25. The molecule has 0 radical (unpaired) electrons. The number of para-hydroxylation sites is 1. The summed E-state index contributed by atoms with van der Waals surface area (Å²) >= 11 is 0. The third kappa shape index (κ3) is 4.61. The molecule has 0 spiro atoms. The van der Waals surface area contributed by atoms with Crippen molar-refractivity contribution in [2.24, 2.45) is 0 Å². The van der Waals surface area contributed by atoms with Gasteiger partial charge in [0.2, 0.25) is 0 Å². The van der Waals surface area contributed by atoms with Gasteiger partial charge in [-0.15, -0.1) is 0 Å². The van der Waals surface area contributed by atoms with Crippen LogP contribution in [0.2, 0.25) is 0 Å². The van der Waals surface area contributed by atoms with Crippen LogP contribution in [0.25, 0.3) is 5.76 Å². The number of carbonyl (C=O) groups is 2. The fourth-order valence-electron chi connectivity index (χ4n) is 4.50. The zero-order chi connectivity index (χ0) is 26.0. The van der Waals surface area contributed by atoms with E-state index in [4.69, 9.17) is 13.9 Å². The Hall–Kier alpha value is -4.00. The van der Waals surface area contributed by atoms with E-state index in [2.05, 4.69) is 0 Å². The van der Waals surface area contributed by atoms with E-state index in [-0.39, 0.29) is 23.3 Å². The van der Waals surface area contributed by atoms with Crippen LogP contribution in [0.15, 0.2) is 70.9 Å². The summed E-state index contributed by atoms with van der Waals surface area (Å²) in [7, 11) is 1.55. The molecule has 0 aliphatic carbocycles. The molecule has 1 amide bonds. The molecule has 188 valence electrons. The lowest BCUT2D eigenvalue weighted by molar-refractivity contribution is -0.140. The molecule has 2 aromatic carbocycles. The van der Waals surface area contributed by atoms with Crippen molar-refractivity contribution < 1.29 is 28.6 Å². The van der Waals surface area contributed by atoms with Crippen LogP contribution in [0.1, 0.15) is 56.2 Å². The van der Waals surface area contributed by atoms with Crippen LogP contribution in [0.4, 0.5) is 0 Å². The molecule has 1 fully saturated rings. The Morgan fingerprint density at radius 1 is 1.06 bits per heavy atom. The smallest absolute Gasteiger partial charge is 0.296 e. The van der Waals surface area contributed by atoms with Crippen molar-refractivity contribution in [2.45, 2.75) is 45.7 Å². The van der Waals surface area contributed by atoms with Crippen molar-refractivity contribution in [3.63, 3.8) is 0 Å². The topological polar surface area (TPSA) is 89.2 Å². The van der Waals surface area contributed by atoms with Crippen molar-refractivity contribution in [3.05, 3.63) is 88.9 Å². The molecule has 1 unspecified atom stereocenters. The molecule has 1 N–H and O–H groups in total. The van der Waals surface area contributed by atoms with E-state index < -0.39 is 17.7 Å². The molecule has 1 aliphatic heterocycles. The van der Waals surface area contributed by atoms with Crippen LogP contribution in [0.3, 0.4) is 0 Å². The summed E-state index contributed by atoms with van der Waals surface area (Å²) in [6.45, 7) is 8.65. The highest BCUT2D eigenvalue weighted by atomic mass is 16.5. The molecule has 1 saturated heterocycles. The van der Waals surface area contributed by atoms with Gasteiger partial charge in [-0.1, -0.05) is 39.0 Å². The largest absolute Gasteiger partial charge is 0.507 e. The van der Waals surface area contributed by atoms with Gasteiger partial charge in [0, 0.05) is 16.7 Å². The molecule has 4 rings (SSSR count). The normalized spacial score (nSPS) is 17.5. The summed E-state index contributed by atoms with van der Waals surface area (Å²) in [6, 6.07) is 15.1. The number of amides is 1. The van der Waals surface area contributed by atoms with Gasteiger partial charge in [0.05, 0.1) is 32.1 Å². The Bertz CT molecular complexity index is 1300. The second-order valence-corrected chi connectivity index (χ2v) is 9.65. The number of nitrogens with zero attached hydrogens (tertiary/aromatic N) is 1. The number of aliphatic hydroxyl groups is 1. The number of ketones is 1. The zero-order valence-corrected chi connectivity index (χ0v) is 21.2. The average molecular weight is 490 g/mol. The standard InChI is InChI=1S/C29H31NO6/c1-6-35-22-14-13-18(16-20(22)29(2,3)4)26(31)24-25(23-12-9-15-36-23)30(28(33)27(24)32)17-19-10-7-8-11-21(19)34-5/h7-16,25,31H,6,17H2,1-5H3/b26-24-. The van der Waals surface area contributed by atoms with E-state index in [0.29, 0.717) is 29.4 Å². The number of benzene rings is 2. The fraction of sp³-hybridized carbons (Fsp3) is 0.310. The molecule has 1 aliphatic rings. The number of hydrogen-bond donors (Lipinski definition) is 1. The number of aliphatic hydroxyl groups excluding tert-OH is 1. The second-order valence-electron chi connectivity index (χ2n) is 9.65. The lowest BCUT2D eigenvalue weighted by atomic mass is 9.84. The summed E-state index contributed by atoms with van der Waals surface area (Å²) in [5.74, 6) is -0.0565. The first kappa shape index (κ1) is 25.1. The molecule has 7 nitrogen and oxygen atoms in total. The zero-order valence-electron chi connectivity index (χ0n) is 21.2. The summed E-state index contributed by atoms with van der Waals surface area (Å²) in [5, 5.41) is 11.4. The maximum atomic E-state index is 13.3. The van der Waals surface area contributed by atoms with Crippen LogP contribution < -0.4 is 9.47 Å². The first-order valence-electron chi connectivity index (χ1n) is 11.9. The van der Waals surface area contributed by atoms with Crippen molar-refractivity contribution in [3.8, 4) is 11.5 Å². The molecule has 0 bridgehead atoms. The summed E-state index contributed by atoms with van der Waals surface area (Å²) in [6.07, 6.45) is 1.48. The number of likely N-dealkylation sites (tertiary alicyclic amines) is 1. The first-order chi connectivity index (χ1) is 17.2. The van der Waals surface area contributed by atoms with Crippen molar-refractivity contribution in [2.75, 3.05) is 13.7 Å². The summed E-state index contributed by atoms with van der Waals surface area (Å²) in [5.41, 5.74) is 1.74. The lowest BCUT2D eigenvalue weighted by Gasteiger charge is -2.25. The Morgan fingerprint density at radius 2 is 1.81 bits per heavy atom. The molecule has 0 saturated carbocycles. The van der Waals surface area contributed by atoms with Gasteiger partial charge < -0.3 is 23.9 Å². The molecular weight excluding hydrogens is 458 g/mol. The molecular formula is C29H31NO6. The highest BCUT2D eigenvalue weighted by Gasteiger charge is 2.47. The third-order valence-corrected chi connectivity index (χ3v) is 6.25. The van der Waals surface area contributed by atoms with Gasteiger partial charge in [-0.2, -0.15) is 0 Å². The highest BCUT2D eigenvalue weighted by Crippen LogP contribution is 2.42.